The summed E-state index contributed by atoms with van der Waals surface area (Å²) >= 11 is 1.68. The molecule has 0 bridgehead atoms. The first-order chi connectivity index (χ1) is 11.1. The first kappa shape index (κ1) is 23.5. The molecule has 0 radical (unpaired) electrons. The van der Waals surface area contributed by atoms with Crippen LogP contribution in [0.1, 0.15) is 31.4 Å². The average Bonchev–Trinajstić information content (AvgIpc) is 2.51. The molecule has 1 aromatic carbocycles. The number of thioether (sulfide) groups is 1. The fraction of sp³-hybridized carbons (Fsp3) is 0.588. The molecule has 0 aliphatic carbocycles. The number of ether oxygens (including phenoxy) is 1. The van der Waals surface area contributed by atoms with Crippen molar-refractivity contribution in [3.63, 3.8) is 0 Å². The molecular weight excluding hydrogens is 440 g/mol. The second kappa shape index (κ2) is 13.7. The van der Waals surface area contributed by atoms with Gasteiger partial charge >= 0.3 is 0 Å². The number of hydrogen-bond donors (Lipinski definition) is 2. The Morgan fingerprint density at radius 3 is 2.67 bits per heavy atom. The van der Waals surface area contributed by atoms with Crippen molar-refractivity contribution in [1.29, 1.82) is 0 Å². The summed E-state index contributed by atoms with van der Waals surface area (Å²) in [4.78, 5) is 4.20. The third kappa shape index (κ3) is 9.68. The summed E-state index contributed by atoms with van der Waals surface area (Å²) in [6.07, 6.45) is 3.20. The van der Waals surface area contributed by atoms with E-state index in [1.807, 2.05) is 26.2 Å². The zero-order valence-electron chi connectivity index (χ0n) is 14.9. The zero-order valence-corrected chi connectivity index (χ0v) is 18.0. The van der Waals surface area contributed by atoms with Gasteiger partial charge in [-0.25, -0.2) is 4.39 Å². The highest BCUT2D eigenvalue weighted by Crippen LogP contribution is 2.16. The molecule has 7 heteroatoms. The van der Waals surface area contributed by atoms with Crippen LogP contribution in [0.5, 0.6) is 0 Å². The molecule has 0 aliphatic rings. The van der Waals surface area contributed by atoms with Gasteiger partial charge in [0, 0.05) is 32.5 Å². The van der Waals surface area contributed by atoms with Crippen LogP contribution in [0.15, 0.2) is 23.2 Å². The highest BCUT2D eigenvalue weighted by Gasteiger charge is 2.05. The van der Waals surface area contributed by atoms with E-state index in [2.05, 4.69) is 15.6 Å². The number of nitrogens with zero attached hydrogens (tertiary/aromatic N) is 1. The van der Waals surface area contributed by atoms with Crippen LogP contribution in [0.2, 0.25) is 0 Å². The van der Waals surface area contributed by atoms with Crippen molar-refractivity contribution >= 4 is 41.7 Å². The fourth-order valence-corrected chi connectivity index (χ4v) is 2.63. The molecule has 0 saturated heterocycles. The summed E-state index contributed by atoms with van der Waals surface area (Å²) in [5.41, 5.74) is 2.11. The quantitative estimate of drug-likeness (QED) is 0.250. The van der Waals surface area contributed by atoms with Crippen molar-refractivity contribution in [3.05, 3.63) is 35.1 Å². The number of rotatable bonds is 9. The lowest BCUT2D eigenvalue weighted by Crippen LogP contribution is -2.37. The van der Waals surface area contributed by atoms with Gasteiger partial charge in [-0.15, -0.1) is 24.0 Å². The topological polar surface area (TPSA) is 45.7 Å². The van der Waals surface area contributed by atoms with Crippen LogP contribution in [0.4, 0.5) is 4.39 Å². The Kier molecular flexibility index (Phi) is 13.4. The predicted molar refractivity (Wildman–Crippen MR) is 113 cm³/mol. The number of guanidine groups is 1. The number of nitrogens with one attached hydrogen (secondary N) is 2. The maximum atomic E-state index is 13.4. The molecule has 0 aromatic heterocycles. The molecule has 1 aromatic rings. The Morgan fingerprint density at radius 2 is 2.04 bits per heavy atom. The van der Waals surface area contributed by atoms with Crippen molar-refractivity contribution in [1.82, 2.24) is 10.6 Å². The van der Waals surface area contributed by atoms with Gasteiger partial charge < -0.3 is 15.4 Å². The van der Waals surface area contributed by atoms with Gasteiger partial charge in [0.2, 0.25) is 0 Å². The van der Waals surface area contributed by atoms with Crippen LogP contribution in [0.25, 0.3) is 0 Å². The second-order valence-electron chi connectivity index (χ2n) is 5.47. The standard InChI is InChI=1S/C17H28FN3OS.HI/c1-13(2)22-9-5-8-20-17(19-3)21-11-14-6-7-16(18)10-15(14)12-23-4;/h6-7,10,13H,5,8-9,11-12H2,1-4H3,(H2,19,20,21);1H. The zero-order chi connectivity index (χ0) is 17.1. The van der Waals surface area contributed by atoms with Crippen molar-refractivity contribution in [2.24, 2.45) is 4.99 Å². The predicted octanol–water partition coefficient (Wildman–Crippen LogP) is 3.79. The summed E-state index contributed by atoms with van der Waals surface area (Å²) in [6.45, 7) is 6.22. The van der Waals surface area contributed by atoms with E-state index in [0.717, 1.165) is 42.4 Å². The molecule has 138 valence electrons. The van der Waals surface area contributed by atoms with Gasteiger partial charge in [-0.2, -0.15) is 11.8 Å². The number of aliphatic imine (C=N–C) groups is 1. The first-order valence-corrected chi connectivity index (χ1v) is 9.28. The molecule has 1 rings (SSSR count). The first-order valence-electron chi connectivity index (χ1n) is 7.89. The minimum atomic E-state index is -0.189. The van der Waals surface area contributed by atoms with Gasteiger partial charge in [0.05, 0.1) is 6.10 Å². The molecule has 0 spiro atoms. The highest BCUT2D eigenvalue weighted by molar-refractivity contribution is 14.0. The van der Waals surface area contributed by atoms with E-state index >= 15 is 0 Å². The number of halogens is 2. The van der Waals surface area contributed by atoms with Gasteiger partial charge in [0.25, 0.3) is 0 Å². The summed E-state index contributed by atoms with van der Waals surface area (Å²) in [5.74, 6) is 1.35. The third-order valence-electron chi connectivity index (χ3n) is 3.20. The van der Waals surface area contributed by atoms with Crippen LogP contribution in [-0.2, 0) is 17.0 Å². The van der Waals surface area contributed by atoms with Crippen molar-refractivity contribution in [2.75, 3.05) is 26.5 Å². The molecule has 24 heavy (non-hydrogen) atoms. The van der Waals surface area contributed by atoms with Crippen LogP contribution >= 0.6 is 35.7 Å². The van der Waals surface area contributed by atoms with E-state index in [1.165, 1.54) is 6.07 Å². The Bertz CT molecular complexity index is 501. The fourth-order valence-electron chi connectivity index (χ4n) is 2.05. The largest absolute Gasteiger partial charge is 0.379 e. The number of hydrogen-bond acceptors (Lipinski definition) is 3. The van der Waals surface area contributed by atoms with E-state index in [1.54, 1.807) is 24.9 Å². The van der Waals surface area contributed by atoms with Gasteiger partial charge in [-0.1, -0.05) is 6.07 Å². The average molecular weight is 469 g/mol. The van der Waals surface area contributed by atoms with E-state index in [-0.39, 0.29) is 35.9 Å². The molecule has 0 amide bonds. The lowest BCUT2D eigenvalue weighted by molar-refractivity contribution is 0.0776. The molecule has 2 N–H and O–H groups in total. The van der Waals surface area contributed by atoms with Crippen LogP contribution in [0.3, 0.4) is 0 Å². The van der Waals surface area contributed by atoms with Crippen molar-refractivity contribution in [2.45, 2.75) is 38.7 Å². The smallest absolute Gasteiger partial charge is 0.191 e. The number of benzene rings is 1. The van der Waals surface area contributed by atoms with Crippen molar-refractivity contribution < 1.29 is 9.13 Å². The highest BCUT2D eigenvalue weighted by atomic mass is 127. The third-order valence-corrected chi connectivity index (χ3v) is 3.80. The molecule has 0 aliphatic heterocycles. The maximum absolute atomic E-state index is 13.4. The summed E-state index contributed by atoms with van der Waals surface area (Å²) in [6, 6.07) is 4.94. The molecule has 0 fully saturated rings. The normalized spacial score (nSPS) is 11.3. The minimum absolute atomic E-state index is 0. The maximum Gasteiger partial charge on any atom is 0.191 e. The molecule has 0 heterocycles. The van der Waals surface area contributed by atoms with E-state index in [4.69, 9.17) is 4.74 Å². The van der Waals surface area contributed by atoms with Crippen molar-refractivity contribution in [3.8, 4) is 0 Å². The van der Waals surface area contributed by atoms with Gasteiger partial charge in [0.15, 0.2) is 5.96 Å². The molecule has 4 nitrogen and oxygen atoms in total. The van der Waals surface area contributed by atoms with Crippen LogP contribution in [-0.4, -0.2) is 38.5 Å². The summed E-state index contributed by atoms with van der Waals surface area (Å²) in [5, 5.41) is 6.53. The Labute approximate surface area is 166 Å². The SMILES string of the molecule is CN=C(NCCCOC(C)C)NCc1ccc(F)cc1CSC.I. The Hall–Kier alpha value is -0.540. The second-order valence-corrected chi connectivity index (χ2v) is 6.34. The van der Waals surface area contributed by atoms with E-state index in [0.29, 0.717) is 6.54 Å². The Morgan fingerprint density at radius 1 is 1.29 bits per heavy atom. The minimum Gasteiger partial charge on any atom is -0.379 e. The van der Waals surface area contributed by atoms with E-state index < -0.39 is 0 Å². The van der Waals surface area contributed by atoms with Gasteiger partial charge in [0.1, 0.15) is 5.82 Å². The van der Waals surface area contributed by atoms with Gasteiger partial charge in [-0.05, 0) is 49.8 Å². The summed E-state index contributed by atoms with van der Waals surface area (Å²) in [7, 11) is 1.74. The van der Waals surface area contributed by atoms with Gasteiger partial charge in [-0.3, -0.25) is 4.99 Å². The molecule has 0 unspecified atom stereocenters. The van der Waals surface area contributed by atoms with Crippen LogP contribution in [0, 0.1) is 5.82 Å². The Balaban J connectivity index is 0.00000529. The van der Waals surface area contributed by atoms with E-state index in [9.17, 15) is 4.39 Å². The lowest BCUT2D eigenvalue weighted by atomic mass is 10.1. The van der Waals surface area contributed by atoms with Crippen LogP contribution < -0.4 is 10.6 Å². The monoisotopic (exact) mass is 469 g/mol. The molecular formula is C17H29FIN3OS. The summed E-state index contributed by atoms with van der Waals surface area (Å²) < 4.78 is 18.9. The molecule has 0 saturated carbocycles. The lowest BCUT2D eigenvalue weighted by Gasteiger charge is -2.14. The molecule has 0 atom stereocenters.